The minimum Gasteiger partial charge on any atom is -0.481 e. The molecule has 0 aromatic carbocycles. The van der Waals surface area contributed by atoms with Gasteiger partial charge in [0.1, 0.15) is 0 Å². The van der Waals surface area contributed by atoms with Gasteiger partial charge in [-0.2, -0.15) is 0 Å². The molecule has 0 unspecified atom stereocenters. The van der Waals surface area contributed by atoms with Crippen LogP contribution in [0.5, 0.6) is 0 Å². The Morgan fingerprint density at radius 1 is 1.19 bits per heavy atom. The number of carboxylic acids is 1. The molecule has 0 aromatic heterocycles. The number of carboxylic acid groups (broad SMARTS) is 1. The Balaban J connectivity index is 2.07. The number of urea groups is 1. The summed E-state index contributed by atoms with van der Waals surface area (Å²) in [4.78, 5) is 33.3. The highest BCUT2D eigenvalue weighted by molar-refractivity contribution is 5.95. The van der Waals surface area contributed by atoms with Gasteiger partial charge in [-0.05, 0) is 37.6 Å². The third-order valence-corrected chi connectivity index (χ3v) is 3.45. The van der Waals surface area contributed by atoms with E-state index in [-0.39, 0.29) is 30.3 Å². The lowest BCUT2D eigenvalue weighted by Crippen LogP contribution is -2.44. The SMILES string of the molecule is CC(C)(CCNCC(=O)NC(=O)NC1CC1)CCC(=O)O. The van der Waals surface area contributed by atoms with Gasteiger partial charge < -0.3 is 15.7 Å². The Morgan fingerprint density at radius 3 is 2.43 bits per heavy atom. The van der Waals surface area contributed by atoms with Gasteiger partial charge in [0.25, 0.3) is 0 Å². The van der Waals surface area contributed by atoms with E-state index in [2.05, 4.69) is 16.0 Å². The fourth-order valence-corrected chi connectivity index (χ4v) is 1.82. The summed E-state index contributed by atoms with van der Waals surface area (Å²) in [5, 5.41) is 16.6. The molecule has 0 aliphatic heterocycles. The molecular weight excluding hydrogens is 274 g/mol. The molecule has 0 spiro atoms. The zero-order chi connectivity index (χ0) is 15.9. The zero-order valence-corrected chi connectivity index (χ0v) is 12.7. The molecule has 1 rings (SSSR count). The van der Waals surface area contributed by atoms with Crippen molar-refractivity contribution in [3.05, 3.63) is 0 Å². The number of hydrogen-bond donors (Lipinski definition) is 4. The third kappa shape index (κ3) is 9.01. The number of aliphatic carboxylic acids is 1. The molecule has 0 aromatic rings. The van der Waals surface area contributed by atoms with Crippen molar-refractivity contribution in [3.63, 3.8) is 0 Å². The van der Waals surface area contributed by atoms with Crippen LogP contribution in [0.25, 0.3) is 0 Å². The highest BCUT2D eigenvalue weighted by Crippen LogP contribution is 2.25. The molecule has 1 saturated carbocycles. The van der Waals surface area contributed by atoms with Gasteiger partial charge in [-0.3, -0.25) is 14.9 Å². The number of hydrogen-bond acceptors (Lipinski definition) is 4. The maximum Gasteiger partial charge on any atom is 0.321 e. The topological polar surface area (TPSA) is 108 Å². The molecule has 3 amide bonds. The van der Waals surface area contributed by atoms with Gasteiger partial charge in [0, 0.05) is 12.5 Å². The van der Waals surface area contributed by atoms with Crippen LogP contribution in [0.15, 0.2) is 0 Å². The first kappa shape index (κ1) is 17.4. The Morgan fingerprint density at radius 2 is 1.86 bits per heavy atom. The maximum atomic E-state index is 11.5. The van der Waals surface area contributed by atoms with Crippen LogP contribution in [0.4, 0.5) is 4.79 Å². The predicted octanol–water partition coefficient (Wildman–Crippen LogP) is 0.845. The molecule has 0 saturated heterocycles. The monoisotopic (exact) mass is 299 g/mol. The molecule has 1 aliphatic rings. The molecule has 0 bridgehead atoms. The molecule has 0 atom stereocenters. The Kier molecular flexibility index (Phi) is 6.61. The lowest BCUT2D eigenvalue weighted by molar-refractivity contribution is -0.137. The van der Waals surface area contributed by atoms with Crippen molar-refractivity contribution >= 4 is 17.9 Å². The van der Waals surface area contributed by atoms with Gasteiger partial charge in [0.05, 0.1) is 6.54 Å². The first-order chi connectivity index (χ1) is 9.78. The Labute approximate surface area is 124 Å². The fourth-order valence-electron chi connectivity index (χ4n) is 1.82. The first-order valence-electron chi connectivity index (χ1n) is 7.31. The summed E-state index contributed by atoms with van der Waals surface area (Å²) >= 11 is 0. The van der Waals surface area contributed by atoms with Crippen molar-refractivity contribution in [2.45, 2.75) is 52.0 Å². The molecular formula is C14H25N3O4. The summed E-state index contributed by atoms with van der Waals surface area (Å²) in [6.45, 7) is 4.68. The number of carbonyl (C=O) groups is 3. The van der Waals surface area contributed by atoms with Gasteiger partial charge >= 0.3 is 12.0 Å². The molecule has 1 fully saturated rings. The van der Waals surface area contributed by atoms with Crippen molar-refractivity contribution in [1.29, 1.82) is 0 Å². The molecule has 1 aliphatic carbocycles. The van der Waals surface area contributed by atoms with Crippen LogP contribution in [0, 0.1) is 5.41 Å². The second kappa shape index (κ2) is 7.97. The van der Waals surface area contributed by atoms with E-state index in [0.29, 0.717) is 13.0 Å². The average molecular weight is 299 g/mol. The van der Waals surface area contributed by atoms with E-state index in [1.54, 1.807) is 0 Å². The predicted molar refractivity (Wildman–Crippen MR) is 77.8 cm³/mol. The Hall–Kier alpha value is -1.63. The van der Waals surface area contributed by atoms with E-state index in [1.807, 2.05) is 13.8 Å². The van der Waals surface area contributed by atoms with E-state index >= 15 is 0 Å². The van der Waals surface area contributed by atoms with E-state index in [9.17, 15) is 14.4 Å². The van der Waals surface area contributed by atoms with Crippen LogP contribution in [-0.4, -0.2) is 42.1 Å². The van der Waals surface area contributed by atoms with Gasteiger partial charge in [0.15, 0.2) is 0 Å². The zero-order valence-electron chi connectivity index (χ0n) is 12.7. The second-order valence-electron chi connectivity index (χ2n) is 6.28. The number of imide groups is 1. The van der Waals surface area contributed by atoms with Crippen molar-refractivity contribution in [1.82, 2.24) is 16.0 Å². The molecule has 120 valence electrons. The quantitative estimate of drug-likeness (QED) is 0.472. The summed E-state index contributed by atoms with van der Waals surface area (Å²) in [5.74, 6) is -1.16. The maximum absolute atomic E-state index is 11.5. The standard InChI is InChI=1S/C14H25N3O4/c1-14(2,6-5-12(19)20)7-8-15-9-11(18)17-13(21)16-10-3-4-10/h10,15H,3-9H2,1-2H3,(H,19,20)(H2,16,17,18,21). The minimum absolute atomic E-state index is 0.0765. The fraction of sp³-hybridized carbons (Fsp3) is 0.786. The van der Waals surface area contributed by atoms with Gasteiger partial charge in [-0.1, -0.05) is 13.8 Å². The Bertz CT molecular complexity index is 392. The molecule has 7 nitrogen and oxygen atoms in total. The number of carbonyl (C=O) groups excluding carboxylic acids is 2. The smallest absolute Gasteiger partial charge is 0.321 e. The van der Waals surface area contributed by atoms with E-state index < -0.39 is 12.0 Å². The van der Waals surface area contributed by atoms with Crippen LogP contribution in [-0.2, 0) is 9.59 Å². The van der Waals surface area contributed by atoms with Crippen LogP contribution in [0.1, 0.15) is 46.0 Å². The number of amides is 3. The van der Waals surface area contributed by atoms with Crippen molar-refractivity contribution in [3.8, 4) is 0 Å². The highest BCUT2D eigenvalue weighted by atomic mass is 16.4. The van der Waals surface area contributed by atoms with Crippen LogP contribution in [0.2, 0.25) is 0 Å². The van der Waals surface area contributed by atoms with Crippen molar-refractivity contribution in [2.75, 3.05) is 13.1 Å². The van der Waals surface area contributed by atoms with E-state index in [1.165, 1.54) is 0 Å². The van der Waals surface area contributed by atoms with Crippen molar-refractivity contribution < 1.29 is 19.5 Å². The lowest BCUT2D eigenvalue weighted by atomic mass is 9.84. The lowest BCUT2D eigenvalue weighted by Gasteiger charge is -2.23. The summed E-state index contributed by atoms with van der Waals surface area (Å²) in [7, 11) is 0. The van der Waals surface area contributed by atoms with Crippen LogP contribution >= 0.6 is 0 Å². The molecule has 4 N–H and O–H groups in total. The second-order valence-corrected chi connectivity index (χ2v) is 6.28. The van der Waals surface area contributed by atoms with Gasteiger partial charge in [-0.25, -0.2) is 4.79 Å². The average Bonchev–Trinajstić information content (AvgIpc) is 3.16. The summed E-state index contributed by atoms with van der Waals surface area (Å²) < 4.78 is 0. The normalized spacial score (nSPS) is 14.6. The largest absolute Gasteiger partial charge is 0.481 e. The summed E-state index contributed by atoms with van der Waals surface area (Å²) in [6, 6.07) is -0.216. The highest BCUT2D eigenvalue weighted by Gasteiger charge is 2.24. The van der Waals surface area contributed by atoms with E-state index in [0.717, 1.165) is 19.3 Å². The summed E-state index contributed by atoms with van der Waals surface area (Å²) in [6.07, 6.45) is 3.47. The van der Waals surface area contributed by atoms with Crippen LogP contribution < -0.4 is 16.0 Å². The first-order valence-corrected chi connectivity index (χ1v) is 7.31. The molecule has 0 heterocycles. The molecule has 21 heavy (non-hydrogen) atoms. The van der Waals surface area contributed by atoms with E-state index in [4.69, 9.17) is 5.11 Å². The summed E-state index contributed by atoms with van der Waals surface area (Å²) in [5.41, 5.74) is -0.0920. The molecule has 7 heteroatoms. The minimum atomic E-state index is -0.794. The number of nitrogens with one attached hydrogen (secondary N) is 3. The third-order valence-electron chi connectivity index (χ3n) is 3.45. The number of rotatable bonds is 9. The van der Waals surface area contributed by atoms with Gasteiger partial charge in [0.2, 0.25) is 5.91 Å². The van der Waals surface area contributed by atoms with Crippen molar-refractivity contribution in [2.24, 2.45) is 5.41 Å². The van der Waals surface area contributed by atoms with Gasteiger partial charge in [-0.15, -0.1) is 0 Å². The van der Waals surface area contributed by atoms with Crippen LogP contribution in [0.3, 0.4) is 0 Å². The molecule has 0 radical (unpaired) electrons.